The molecule has 3 saturated carbocycles. The van der Waals surface area contributed by atoms with Crippen LogP contribution in [0.2, 0.25) is 0 Å². The summed E-state index contributed by atoms with van der Waals surface area (Å²) in [5.74, 6) is -0.269. The molecular weight excluding hydrogens is 650 g/mol. The van der Waals surface area contributed by atoms with Gasteiger partial charge in [0.2, 0.25) is 5.91 Å². The van der Waals surface area contributed by atoms with Gasteiger partial charge in [-0.25, -0.2) is 0 Å². The molecule has 1 saturated heterocycles. The molecule has 10 nitrogen and oxygen atoms in total. The van der Waals surface area contributed by atoms with Gasteiger partial charge in [0, 0.05) is 6.42 Å². The zero-order chi connectivity index (χ0) is 37.1. The van der Waals surface area contributed by atoms with Crippen LogP contribution in [0.1, 0.15) is 181 Å². The Morgan fingerprint density at radius 2 is 1.18 bits per heavy atom. The summed E-state index contributed by atoms with van der Waals surface area (Å²) in [7, 11) is 0. The lowest BCUT2D eigenvalue weighted by molar-refractivity contribution is -0.303. The third-order valence-electron chi connectivity index (χ3n) is 12.3. The molecule has 0 radical (unpaired) electrons. The second-order valence-corrected chi connectivity index (χ2v) is 16.8. The van der Waals surface area contributed by atoms with Crippen molar-refractivity contribution in [3.8, 4) is 0 Å². The molecule has 4 aliphatic rings. The average Bonchev–Trinajstić information content (AvgIpc) is 3.09. The number of unbranched alkanes of at least 4 members (excludes halogenated alkanes) is 17. The second kappa shape index (κ2) is 23.8. The summed E-state index contributed by atoms with van der Waals surface area (Å²) in [5, 5.41) is 63.2. The first-order chi connectivity index (χ1) is 24.6. The van der Waals surface area contributed by atoms with Crippen LogP contribution in [0.3, 0.4) is 0 Å². The van der Waals surface area contributed by atoms with E-state index in [2.05, 4.69) is 12.2 Å². The third kappa shape index (κ3) is 14.7. The molecule has 1 amide bonds. The number of rotatable bonds is 31. The Balaban J connectivity index is 1.16. The molecule has 5 unspecified atom stereocenters. The van der Waals surface area contributed by atoms with Crippen LogP contribution in [-0.4, -0.2) is 98.7 Å². The summed E-state index contributed by atoms with van der Waals surface area (Å²) >= 11 is 0. The predicted molar refractivity (Wildman–Crippen MR) is 200 cm³/mol. The molecule has 8 atom stereocenters. The molecule has 0 spiro atoms. The normalized spacial score (nSPS) is 30.3. The Morgan fingerprint density at radius 3 is 1.65 bits per heavy atom. The monoisotopic (exact) mass is 728 g/mol. The van der Waals surface area contributed by atoms with E-state index in [0.29, 0.717) is 5.41 Å². The van der Waals surface area contributed by atoms with Crippen LogP contribution >= 0.6 is 0 Å². The summed E-state index contributed by atoms with van der Waals surface area (Å²) in [6.45, 7) is 3.09. The number of hydrogen-bond acceptors (Lipinski definition) is 9. The van der Waals surface area contributed by atoms with Crippen molar-refractivity contribution in [1.29, 1.82) is 0 Å². The van der Waals surface area contributed by atoms with Gasteiger partial charge < -0.3 is 45.4 Å². The van der Waals surface area contributed by atoms with Gasteiger partial charge in [0.15, 0.2) is 6.29 Å². The van der Waals surface area contributed by atoms with Gasteiger partial charge in [-0.2, -0.15) is 0 Å². The van der Waals surface area contributed by atoms with E-state index in [0.717, 1.165) is 24.7 Å². The van der Waals surface area contributed by atoms with Gasteiger partial charge >= 0.3 is 0 Å². The van der Waals surface area contributed by atoms with Gasteiger partial charge in [0.05, 0.1) is 25.4 Å². The van der Waals surface area contributed by atoms with E-state index in [1.807, 2.05) is 0 Å². The summed E-state index contributed by atoms with van der Waals surface area (Å²) in [5.41, 5.74) is 1.46. The fraction of sp³-hybridized carbons (Fsp3) is 0.976. The van der Waals surface area contributed by atoms with Crippen molar-refractivity contribution in [3.63, 3.8) is 0 Å². The van der Waals surface area contributed by atoms with Crippen LogP contribution < -0.4 is 5.32 Å². The maximum Gasteiger partial charge on any atom is 0.220 e. The average molecular weight is 728 g/mol. The van der Waals surface area contributed by atoms with Crippen LogP contribution in [-0.2, 0) is 14.3 Å². The molecule has 2 bridgehead atoms. The van der Waals surface area contributed by atoms with Crippen molar-refractivity contribution in [3.05, 3.63) is 0 Å². The Kier molecular flexibility index (Phi) is 20.8. The van der Waals surface area contributed by atoms with E-state index < -0.39 is 55.6 Å². The van der Waals surface area contributed by atoms with Crippen LogP contribution in [0.25, 0.3) is 0 Å². The van der Waals surface area contributed by atoms with Crippen molar-refractivity contribution >= 4 is 5.91 Å². The molecule has 300 valence electrons. The zero-order valence-electron chi connectivity index (χ0n) is 32.3. The van der Waals surface area contributed by atoms with Gasteiger partial charge in [-0.3, -0.25) is 4.79 Å². The number of ether oxygens (including phenoxy) is 2. The molecular formula is C41H77NO9. The summed E-state index contributed by atoms with van der Waals surface area (Å²) in [6, 6.07) is -0.981. The Bertz CT molecular complexity index is 915. The van der Waals surface area contributed by atoms with E-state index in [4.69, 9.17) is 9.47 Å². The number of aliphatic hydroxyl groups excluding tert-OH is 6. The molecule has 10 heteroatoms. The number of nitrogens with one attached hydrogen (secondary N) is 1. The SMILES string of the molecule is CCCCCCCCCCCCCC12CC(CCCCCCCCCCC(=O)N[C@@H](COC3OC(CO)C(O)C(O)C3O)[C@H](O)[C@H](O)CC)(C1)C2. The number of amides is 1. The van der Waals surface area contributed by atoms with Crippen molar-refractivity contribution in [2.75, 3.05) is 13.2 Å². The summed E-state index contributed by atoms with van der Waals surface area (Å²) in [6.07, 6.45) is 23.2. The highest BCUT2D eigenvalue weighted by molar-refractivity contribution is 5.76. The molecule has 0 aromatic rings. The molecule has 7 N–H and O–H groups in total. The Labute approximate surface area is 309 Å². The molecule has 51 heavy (non-hydrogen) atoms. The summed E-state index contributed by atoms with van der Waals surface area (Å²) in [4.78, 5) is 12.7. The van der Waals surface area contributed by atoms with Crippen LogP contribution in [0, 0.1) is 10.8 Å². The molecule has 3 aliphatic carbocycles. The standard InChI is InChI=1S/C41H77NO9/c1-3-5-6-7-8-9-10-12-15-18-21-24-40-28-41(29-40,30-40)25-22-19-16-13-11-14-17-20-23-34(45)42-31(35(46)32(44)4-2)27-50-39-38(49)37(48)36(47)33(26-43)51-39/h31-33,35-39,43-44,46-49H,3-30H2,1-2H3,(H,42,45)/t31-,32+,33?,35-,36?,37?,38?,39?,40?,41?/m0/s1. The lowest BCUT2D eigenvalue weighted by Crippen LogP contribution is -2.61. The maximum absolute atomic E-state index is 12.7. The van der Waals surface area contributed by atoms with Crippen LogP contribution in [0.5, 0.6) is 0 Å². The molecule has 0 aromatic carbocycles. The third-order valence-corrected chi connectivity index (χ3v) is 12.3. The van der Waals surface area contributed by atoms with E-state index >= 15 is 0 Å². The number of hydrogen-bond donors (Lipinski definition) is 7. The molecule has 1 aliphatic heterocycles. The lowest BCUT2D eigenvalue weighted by Gasteiger charge is -2.72. The minimum absolute atomic E-state index is 0.259. The first-order valence-corrected chi connectivity index (χ1v) is 21.2. The molecule has 1 heterocycles. The maximum atomic E-state index is 12.7. The van der Waals surface area contributed by atoms with E-state index in [-0.39, 0.29) is 25.4 Å². The lowest BCUT2D eigenvalue weighted by atomic mass is 9.33. The number of carbonyl (C=O) groups is 1. The molecule has 0 aromatic heterocycles. The first-order valence-electron chi connectivity index (χ1n) is 21.2. The van der Waals surface area contributed by atoms with Gasteiger partial charge in [0.1, 0.15) is 30.5 Å². The van der Waals surface area contributed by atoms with Crippen LogP contribution in [0.4, 0.5) is 0 Å². The molecule has 4 fully saturated rings. The van der Waals surface area contributed by atoms with E-state index in [9.17, 15) is 35.4 Å². The Hall–Kier alpha value is -0.850. The van der Waals surface area contributed by atoms with Crippen molar-refractivity contribution in [2.24, 2.45) is 10.8 Å². The second-order valence-electron chi connectivity index (χ2n) is 16.8. The largest absolute Gasteiger partial charge is 0.394 e. The smallest absolute Gasteiger partial charge is 0.220 e. The highest BCUT2D eigenvalue weighted by Gasteiger charge is 2.65. The highest BCUT2D eigenvalue weighted by atomic mass is 16.7. The quantitative estimate of drug-likeness (QED) is 0.0412. The van der Waals surface area contributed by atoms with Gasteiger partial charge in [0.25, 0.3) is 0 Å². The fourth-order valence-corrected chi connectivity index (χ4v) is 9.19. The zero-order valence-corrected chi connectivity index (χ0v) is 32.3. The highest BCUT2D eigenvalue weighted by Crippen LogP contribution is 2.76. The van der Waals surface area contributed by atoms with Gasteiger partial charge in [-0.15, -0.1) is 0 Å². The minimum atomic E-state index is -1.60. The van der Waals surface area contributed by atoms with Gasteiger partial charge in [-0.1, -0.05) is 129 Å². The number of carbonyl (C=O) groups excluding carboxylic acids is 1. The minimum Gasteiger partial charge on any atom is -0.394 e. The van der Waals surface area contributed by atoms with Crippen LogP contribution in [0.15, 0.2) is 0 Å². The molecule has 4 rings (SSSR count). The van der Waals surface area contributed by atoms with Gasteiger partial charge in [-0.05, 0) is 55.8 Å². The Morgan fingerprint density at radius 1 is 0.706 bits per heavy atom. The predicted octanol–water partition coefficient (Wildman–Crippen LogP) is 6.19. The summed E-state index contributed by atoms with van der Waals surface area (Å²) < 4.78 is 10.9. The van der Waals surface area contributed by atoms with Crippen molar-refractivity contribution in [2.45, 2.75) is 230 Å². The van der Waals surface area contributed by atoms with E-state index in [1.54, 1.807) is 6.92 Å². The van der Waals surface area contributed by atoms with E-state index in [1.165, 1.54) is 135 Å². The first kappa shape index (κ1) is 44.5. The van der Waals surface area contributed by atoms with Crippen molar-refractivity contribution < 1.29 is 44.9 Å². The topological polar surface area (TPSA) is 169 Å². The van der Waals surface area contributed by atoms with Crippen molar-refractivity contribution in [1.82, 2.24) is 5.32 Å². The fourth-order valence-electron chi connectivity index (χ4n) is 9.19. The number of aliphatic hydroxyl groups is 6.